The Hall–Kier alpha value is -3.75. The first kappa shape index (κ1) is 20.0. The molecule has 150 valence electrons. The van der Waals surface area contributed by atoms with E-state index in [-0.39, 0.29) is 11.4 Å². The van der Waals surface area contributed by atoms with Crippen molar-refractivity contribution in [2.45, 2.75) is 19.4 Å². The molecule has 1 atom stereocenters. The van der Waals surface area contributed by atoms with Gasteiger partial charge in [0, 0.05) is 6.07 Å². The van der Waals surface area contributed by atoms with Gasteiger partial charge in [-0.2, -0.15) is 5.10 Å². The molecular weight excluding hydrogens is 384 g/mol. The fourth-order valence-electron chi connectivity index (χ4n) is 2.96. The normalized spacial score (nSPS) is 11.8. The number of carbonyl (C=O) groups is 2. The molecule has 0 aliphatic carbocycles. The molecule has 0 fully saturated rings. The van der Waals surface area contributed by atoms with E-state index < -0.39 is 41.9 Å². The maximum Gasteiger partial charge on any atom is 0.305 e. The Balaban J connectivity index is 1.88. The van der Waals surface area contributed by atoms with Crippen molar-refractivity contribution in [3.63, 3.8) is 0 Å². The quantitative estimate of drug-likeness (QED) is 0.589. The third kappa shape index (κ3) is 4.57. The van der Waals surface area contributed by atoms with Crippen molar-refractivity contribution in [2.75, 3.05) is 0 Å². The minimum atomic E-state index is -1.16. The van der Waals surface area contributed by atoms with Crippen LogP contribution in [0.4, 0.5) is 8.78 Å². The second-order valence-electron chi connectivity index (χ2n) is 6.40. The zero-order chi connectivity index (χ0) is 21.1. The molecule has 9 heteroatoms. The van der Waals surface area contributed by atoms with Crippen molar-refractivity contribution in [3.05, 3.63) is 77.0 Å². The highest BCUT2D eigenvalue weighted by Gasteiger charge is 2.23. The second-order valence-corrected chi connectivity index (χ2v) is 6.40. The molecule has 0 saturated heterocycles. The Kier molecular flexibility index (Phi) is 5.58. The Morgan fingerprint density at radius 1 is 1.14 bits per heavy atom. The summed E-state index contributed by atoms with van der Waals surface area (Å²) in [6, 6.07) is 9.22. The molecule has 2 aromatic carbocycles. The van der Waals surface area contributed by atoms with Crippen LogP contribution in [-0.4, -0.2) is 31.9 Å². The summed E-state index contributed by atoms with van der Waals surface area (Å²) in [5.41, 5.74) is 0.931. The fraction of sp³-hybridized carbons (Fsp3) is 0.150. The number of carboxylic acids is 1. The lowest BCUT2D eigenvalue weighted by atomic mass is 9.98. The number of carboxylic acid groups (broad SMARTS) is 1. The zero-order valence-corrected chi connectivity index (χ0v) is 15.3. The van der Waals surface area contributed by atoms with Crippen molar-refractivity contribution in [1.82, 2.24) is 15.1 Å². The largest absolute Gasteiger partial charge is 0.493 e. The van der Waals surface area contributed by atoms with E-state index in [2.05, 4.69) is 10.4 Å². The number of carbonyl (C=O) groups excluding carboxylic acids is 1. The molecule has 3 aromatic rings. The van der Waals surface area contributed by atoms with E-state index >= 15 is 0 Å². The van der Waals surface area contributed by atoms with Gasteiger partial charge < -0.3 is 15.5 Å². The highest BCUT2D eigenvalue weighted by molar-refractivity contribution is 5.93. The average Bonchev–Trinajstić information content (AvgIpc) is 3.03. The number of hydrogen-bond acceptors (Lipinski definition) is 4. The molecule has 0 saturated carbocycles. The molecule has 0 bridgehead atoms. The first-order valence-corrected chi connectivity index (χ1v) is 8.58. The van der Waals surface area contributed by atoms with Crippen molar-refractivity contribution in [3.8, 4) is 11.6 Å². The molecule has 0 aliphatic rings. The lowest BCUT2D eigenvalue weighted by Crippen LogP contribution is -2.31. The van der Waals surface area contributed by atoms with Gasteiger partial charge in [-0.15, -0.1) is 0 Å². The van der Waals surface area contributed by atoms with Crippen LogP contribution in [0.25, 0.3) is 5.69 Å². The Labute approximate surface area is 164 Å². The van der Waals surface area contributed by atoms with Crippen molar-refractivity contribution >= 4 is 11.9 Å². The molecule has 1 aromatic heterocycles. The number of nitrogens with one attached hydrogen (secondary N) is 1. The summed E-state index contributed by atoms with van der Waals surface area (Å²) in [6.07, 6.45) is -0.436. The van der Waals surface area contributed by atoms with Crippen LogP contribution in [0.1, 0.15) is 34.1 Å². The van der Waals surface area contributed by atoms with Crippen molar-refractivity contribution in [1.29, 1.82) is 0 Å². The van der Waals surface area contributed by atoms with Crippen molar-refractivity contribution in [2.24, 2.45) is 0 Å². The molecule has 29 heavy (non-hydrogen) atoms. The first-order valence-electron chi connectivity index (χ1n) is 8.58. The predicted molar refractivity (Wildman–Crippen MR) is 98.8 cm³/mol. The maximum absolute atomic E-state index is 13.4. The number of benzene rings is 2. The van der Waals surface area contributed by atoms with E-state index in [9.17, 15) is 28.6 Å². The molecule has 0 aliphatic heterocycles. The number of aryl methyl sites for hydroxylation is 1. The van der Waals surface area contributed by atoms with Crippen LogP contribution in [0.15, 0.2) is 48.5 Å². The van der Waals surface area contributed by atoms with Gasteiger partial charge in [0.25, 0.3) is 5.91 Å². The SMILES string of the molecule is Cc1cc(F)ccc1C(CC(=O)O)NC(=O)c1cc(O)n(-c2cccc(F)c2)n1. The summed E-state index contributed by atoms with van der Waals surface area (Å²) in [4.78, 5) is 23.8. The number of hydrogen-bond donors (Lipinski definition) is 3. The Bertz CT molecular complexity index is 1080. The van der Waals surface area contributed by atoms with E-state index in [0.29, 0.717) is 11.1 Å². The third-order valence-electron chi connectivity index (χ3n) is 4.27. The van der Waals surface area contributed by atoms with Gasteiger partial charge in [0.05, 0.1) is 18.2 Å². The van der Waals surface area contributed by atoms with Gasteiger partial charge in [0.1, 0.15) is 11.6 Å². The number of amides is 1. The average molecular weight is 401 g/mol. The number of aliphatic carboxylic acids is 1. The highest BCUT2D eigenvalue weighted by atomic mass is 19.1. The summed E-state index contributed by atoms with van der Waals surface area (Å²) in [7, 11) is 0. The summed E-state index contributed by atoms with van der Waals surface area (Å²) < 4.78 is 27.8. The van der Waals surface area contributed by atoms with Crippen molar-refractivity contribution < 1.29 is 28.6 Å². The summed E-state index contributed by atoms with van der Waals surface area (Å²) >= 11 is 0. The number of nitrogens with zero attached hydrogens (tertiary/aromatic N) is 2. The van der Waals surface area contributed by atoms with E-state index in [1.807, 2.05) is 0 Å². The predicted octanol–water partition coefficient (Wildman–Crippen LogP) is 3.11. The number of rotatable bonds is 6. The van der Waals surface area contributed by atoms with Crippen LogP contribution in [0.3, 0.4) is 0 Å². The number of halogens is 2. The van der Waals surface area contributed by atoms with Gasteiger partial charge in [0.15, 0.2) is 5.69 Å². The van der Waals surface area contributed by atoms with E-state index in [1.165, 1.54) is 36.4 Å². The molecular formula is C20H17F2N3O4. The van der Waals surface area contributed by atoms with Gasteiger partial charge in [-0.05, 0) is 48.4 Å². The van der Waals surface area contributed by atoms with Crippen LogP contribution in [0.2, 0.25) is 0 Å². The smallest absolute Gasteiger partial charge is 0.305 e. The molecule has 0 spiro atoms. The molecule has 7 nitrogen and oxygen atoms in total. The minimum absolute atomic E-state index is 0.193. The molecule has 0 radical (unpaired) electrons. The second kappa shape index (κ2) is 8.09. The summed E-state index contributed by atoms with van der Waals surface area (Å²) in [5, 5.41) is 25.7. The van der Waals surface area contributed by atoms with Gasteiger partial charge in [-0.3, -0.25) is 9.59 Å². The highest BCUT2D eigenvalue weighted by Crippen LogP contribution is 2.24. The number of aromatic hydroxyl groups is 1. The van der Waals surface area contributed by atoms with Crippen LogP contribution >= 0.6 is 0 Å². The minimum Gasteiger partial charge on any atom is -0.493 e. The van der Waals surface area contributed by atoms with Gasteiger partial charge in [0.2, 0.25) is 5.88 Å². The summed E-state index contributed by atoms with van der Waals surface area (Å²) in [6.45, 7) is 1.60. The lowest BCUT2D eigenvalue weighted by molar-refractivity contribution is -0.137. The maximum atomic E-state index is 13.4. The molecule has 1 heterocycles. The molecule has 1 amide bonds. The first-order chi connectivity index (χ1) is 13.7. The molecule has 3 N–H and O–H groups in total. The van der Waals surface area contributed by atoms with E-state index in [4.69, 9.17) is 0 Å². The summed E-state index contributed by atoms with van der Waals surface area (Å²) in [5.74, 6) is -3.33. The lowest BCUT2D eigenvalue weighted by Gasteiger charge is -2.19. The van der Waals surface area contributed by atoms with Gasteiger partial charge >= 0.3 is 5.97 Å². The topological polar surface area (TPSA) is 104 Å². The van der Waals surface area contributed by atoms with Gasteiger partial charge in [-0.25, -0.2) is 13.5 Å². The van der Waals surface area contributed by atoms with Crippen LogP contribution in [0.5, 0.6) is 5.88 Å². The van der Waals surface area contributed by atoms with Gasteiger partial charge in [-0.1, -0.05) is 12.1 Å². The molecule has 3 rings (SSSR count). The van der Waals surface area contributed by atoms with Crippen LogP contribution in [0, 0.1) is 18.6 Å². The van der Waals surface area contributed by atoms with Crippen LogP contribution < -0.4 is 5.32 Å². The molecule has 1 unspecified atom stereocenters. The monoisotopic (exact) mass is 401 g/mol. The fourth-order valence-corrected chi connectivity index (χ4v) is 2.96. The van der Waals surface area contributed by atoms with Crippen LogP contribution in [-0.2, 0) is 4.79 Å². The Morgan fingerprint density at radius 3 is 2.52 bits per heavy atom. The third-order valence-corrected chi connectivity index (χ3v) is 4.27. The van der Waals surface area contributed by atoms with E-state index in [1.54, 1.807) is 6.92 Å². The standard InChI is InChI=1S/C20H17F2N3O4/c1-11-7-13(22)5-6-15(11)16(10-19(27)28)23-20(29)17-9-18(26)25(24-17)14-4-2-3-12(21)8-14/h2-9,16,26H,10H2,1H3,(H,23,29)(H,27,28). The van der Waals surface area contributed by atoms with E-state index in [0.717, 1.165) is 16.8 Å². The Morgan fingerprint density at radius 2 is 1.86 bits per heavy atom. The number of aromatic nitrogens is 2. The zero-order valence-electron chi connectivity index (χ0n) is 15.3.